The number of aryl methyl sites for hydroxylation is 1. The van der Waals surface area contributed by atoms with Gasteiger partial charge in [0.1, 0.15) is 5.75 Å². The molecular weight excluding hydrogens is 222 g/mol. The summed E-state index contributed by atoms with van der Waals surface area (Å²) < 4.78 is 31.2. The number of nitrogens with zero attached hydrogens (tertiary/aromatic N) is 1. The molecular formula is C8H12NO3S2+. The Bertz CT molecular complexity index is 386. The van der Waals surface area contributed by atoms with Gasteiger partial charge in [0.05, 0.1) is 0 Å². The van der Waals surface area contributed by atoms with Gasteiger partial charge in [-0.3, -0.25) is 4.55 Å². The molecule has 0 unspecified atom stereocenters. The lowest BCUT2D eigenvalue weighted by molar-refractivity contribution is -0.692. The van der Waals surface area contributed by atoms with Gasteiger partial charge in [0, 0.05) is 17.0 Å². The summed E-state index contributed by atoms with van der Waals surface area (Å²) in [4.78, 5) is 1.12. The van der Waals surface area contributed by atoms with Crippen LogP contribution in [0.3, 0.4) is 0 Å². The Morgan fingerprint density at radius 2 is 2.00 bits per heavy atom. The summed E-state index contributed by atoms with van der Waals surface area (Å²) in [7, 11) is -3.86. The van der Waals surface area contributed by atoms with E-state index in [1.165, 1.54) is 0 Å². The fraction of sp³-hybridized carbons (Fsp3) is 0.375. The molecule has 1 heterocycles. The van der Waals surface area contributed by atoms with E-state index >= 15 is 0 Å². The highest BCUT2D eigenvalue weighted by atomic mass is 32.2. The molecule has 1 aromatic rings. The summed E-state index contributed by atoms with van der Waals surface area (Å²) in [5, 5.41) is 0. The molecule has 0 fully saturated rings. The van der Waals surface area contributed by atoms with Crippen molar-refractivity contribution in [3.8, 4) is 0 Å². The Morgan fingerprint density at radius 1 is 1.43 bits per heavy atom. The minimum absolute atomic E-state index is 0.254. The molecule has 0 aliphatic rings. The average molecular weight is 234 g/mol. The maximum atomic E-state index is 10.5. The second-order valence-corrected chi connectivity index (χ2v) is 5.21. The summed E-state index contributed by atoms with van der Waals surface area (Å²) >= 11 is 1.62. The van der Waals surface area contributed by atoms with Crippen LogP contribution in [0, 0.1) is 0 Å². The third-order valence-electron chi connectivity index (χ3n) is 1.70. The predicted octanol–water partition coefficient (Wildman–Crippen LogP) is 0.584. The summed E-state index contributed by atoms with van der Waals surface area (Å²) in [6.07, 6.45) is 5.55. The van der Waals surface area contributed by atoms with Crippen LogP contribution in [-0.2, 0) is 16.7 Å². The molecule has 78 valence electrons. The lowest BCUT2D eigenvalue weighted by Crippen LogP contribution is -2.36. The molecule has 1 rings (SSSR count). The molecule has 6 heteroatoms. The third-order valence-corrected chi connectivity index (χ3v) is 3.15. The summed E-state index contributed by atoms with van der Waals surface area (Å²) in [6, 6.07) is 3.79. The van der Waals surface area contributed by atoms with Gasteiger partial charge >= 0.3 is 0 Å². The van der Waals surface area contributed by atoms with E-state index in [9.17, 15) is 8.42 Å². The van der Waals surface area contributed by atoms with E-state index in [0.717, 1.165) is 4.90 Å². The maximum Gasteiger partial charge on any atom is 0.271 e. The molecule has 4 nitrogen and oxygen atoms in total. The van der Waals surface area contributed by atoms with Crippen LogP contribution >= 0.6 is 11.8 Å². The molecule has 0 bridgehead atoms. The van der Waals surface area contributed by atoms with Gasteiger partial charge in [-0.1, -0.05) is 0 Å². The highest BCUT2D eigenvalue weighted by Crippen LogP contribution is 2.10. The normalized spacial score (nSPS) is 11.6. The quantitative estimate of drug-likeness (QED) is 0.470. The van der Waals surface area contributed by atoms with Crippen molar-refractivity contribution in [1.82, 2.24) is 0 Å². The summed E-state index contributed by atoms with van der Waals surface area (Å²) in [6.45, 7) is 0.271. The van der Waals surface area contributed by atoms with Crippen molar-refractivity contribution < 1.29 is 17.5 Å². The second-order valence-electron chi connectivity index (χ2n) is 2.76. The molecule has 1 N–H and O–H groups in total. The molecule has 14 heavy (non-hydrogen) atoms. The third kappa shape index (κ3) is 4.08. The van der Waals surface area contributed by atoms with Gasteiger partial charge in [0.2, 0.25) is 0 Å². The van der Waals surface area contributed by atoms with E-state index < -0.39 is 10.1 Å². The van der Waals surface area contributed by atoms with Gasteiger partial charge in [-0.2, -0.15) is 8.42 Å². The standard InChI is InChI=1S/C8H11NO3S2/c1-13-8-2-4-9(5-3-8)6-7-14(10,11)12/h2-5H,6-7H2,1H3/p+1. The van der Waals surface area contributed by atoms with Crippen LogP contribution < -0.4 is 4.57 Å². The van der Waals surface area contributed by atoms with E-state index in [1.54, 1.807) is 28.7 Å². The van der Waals surface area contributed by atoms with E-state index in [4.69, 9.17) is 4.55 Å². The SMILES string of the molecule is CSc1cc[n+](CCS(=O)(=O)O)cc1. The predicted molar refractivity (Wildman–Crippen MR) is 54.8 cm³/mol. The molecule has 0 aliphatic heterocycles. The van der Waals surface area contributed by atoms with Crippen molar-refractivity contribution >= 4 is 21.9 Å². The number of thioether (sulfide) groups is 1. The number of hydrogen-bond donors (Lipinski definition) is 1. The first kappa shape index (κ1) is 11.5. The van der Waals surface area contributed by atoms with Gasteiger partial charge in [0.15, 0.2) is 18.9 Å². The maximum absolute atomic E-state index is 10.5. The van der Waals surface area contributed by atoms with Crippen LogP contribution in [0.15, 0.2) is 29.4 Å². The molecule has 0 atom stereocenters. The van der Waals surface area contributed by atoms with Crippen LogP contribution in [0.2, 0.25) is 0 Å². The van der Waals surface area contributed by atoms with Crippen molar-refractivity contribution in [3.63, 3.8) is 0 Å². The van der Waals surface area contributed by atoms with E-state index in [-0.39, 0.29) is 12.3 Å². The van der Waals surface area contributed by atoms with Crippen molar-refractivity contribution in [3.05, 3.63) is 24.5 Å². The highest BCUT2D eigenvalue weighted by Gasteiger charge is 2.08. The monoisotopic (exact) mass is 234 g/mol. The van der Waals surface area contributed by atoms with E-state index in [0.29, 0.717) is 0 Å². The number of aromatic nitrogens is 1. The first-order chi connectivity index (χ1) is 6.51. The fourth-order valence-electron chi connectivity index (χ4n) is 0.950. The number of hydrogen-bond acceptors (Lipinski definition) is 3. The molecule has 0 spiro atoms. The zero-order valence-corrected chi connectivity index (χ0v) is 9.38. The lowest BCUT2D eigenvalue weighted by atomic mass is 10.5. The number of rotatable bonds is 4. The van der Waals surface area contributed by atoms with Crippen LogP contribution in [0.4, 0.5) is 0 Å². The zero-order chi connectivity index (χ0) is 10.6. The molecule has 0 radical (unpaired) electrons. The zero-order valence-electron chi connectivity index (χ0n) is 7.75. The molecule has 0 saturated heterocycles. The average Bonchev–Trinajstić information content (AvgIpc) is 2.14. The Kier molecular flexibility index (Phi) is 3.91. The second kappa shape index (κ2) is 4.77. The van der Waals surface area contributed by atoms with Gasteiger partial charge in [-0.15, -0.1) is 11.8 Å². The van der Waals surface area contributed by atoms with Gasteiger partial charge in [0.25, 0.3) is 10.1 Å². The van der Waals surface area contributed by atoms with Gasteiger partial charge in [-0.05, 0) is 6.26 Å². The molecule has 0 saturated carbocycles. The Labute approximate surface area is 87.7 Å². The minimum atomic E-state index is -3.86. The fourth-order valence-corrected chi connectivity index (χ4v) is 1.78. The number of pyridine rings is 1. The highest BCUT2D eigenvalue weighted by molar-refractivity contribution is 7.98. The largest absolute Gasteiger partial charge is 0.285 e. The summed E-state index contributed by atoms with van der Waals surface area (Å²) in [5.41, 5.74) is 0. The minimum Gasteiger partial charge on any atom is -0.285 e. The Hall–Kier alpha value is -0.590. The van der Waals surface area contributed by atoms with Crippen LogP contribution in [0.25, 0.3) is 0 Å². The summed E-state index contributed by atoms with van der Waals surface area (Å²) in [5.74, 6) is -0.254. The van der Waals surface area contributed by atoms with Gasteiger partial charge < -0.3 is 0 Å². The van der Waals surface area contributed by atoms with Crippen molar-refractivity contribution in [2.75, 3.05) is 12.0 Å². The first-order valence-electron chi connectivity index (χ1n) is 3.99. The van der Waals surface area contributed by atoms with Crippen molar-refractivity contribution in [2.24, 2.45) is 0 Å². The van der Waals surface area contributed by atoms with E-state index in [2.05, 4.69) is 0 Å². The molecule has 0 aromatic carbocycles. The topological polar surface area (TPSA) is 58.2 Å². The smallest absolute Gasteiger partial charge is 0.271 e. The molecule has 1 aromatic heterocycles. The first-order valence-corrected chi connectivity index (χ1v) is 6.83. The van der Waals surface area contributed by atoms with Crippen LogP contribution in [0.5, 0.6) is 0 Å². The van der Waals surface area contributed by atoms with Crippen LogP contribution in [-0.4, -0.2) is 25.0 Å². The Morgan fingerprint density at radius 3 is 2.43 bits per heavy atom. The van der Waals surface area contributed by atoms with E-state index in [1.807, 2.05) is 18.4 Å². The Balaban J connectivity index is 2.61. The van der Waals surface area contributed by atoms with Crippen molar-refractivity contribution in [1.29, 1.82) is 0 Å². The van der Waals surface area contributed by atoms with Gasteiger partial charge in [-0.25, -0.2) is 4.57 Å². The van der Waals surface area contributed by atoms with Crippen LogP contribution in [0.1, 0.15) is 0 Å². The van der Waals surface area contributed by atoms with Crippen molar-refractivity contribution in [2.45, 2.75) is 11.4 Å². The lowest BCUT2D eigenvalue weighted by Gasteiger charge is -1.96. The molecule has 0 aliphatic carbocycles. The molecule has 0 amide bonds.